The third-order valence-corrected chi connectivity index (χ3v) is 6.56. The third kappa shape index (κ3) is 7.32. The third-order valence-electron chi connectivity index (χ3n) is 4.70. The van der Waals surface area contributed by atoms with Gasteiger partial charge in [-0.25, -0.2) is 13.8 Å². The topological polar surface area (TPSA) is 121 Å². The monoisotopic (exact) mass is 479 g/mol. The highest BCUT2D eigenvalue weighted by Crippen LogP contribution is 2.19. The number of pyridine rings is 1. The Morgan fingerprint density at radius 3 is 2.35 bits per heavy atom. The molecule has 0 radical (unpaired) electrons. The number of benzene rings is 2. The van der Waals surface area contributed by atoms with Crippen LogP contribution in [0, 0.1) is 0 Å². The minimum atomic E-state index is -3.99. The molecule has 0 fully saturated rings. The number of carbonyl (C=O) groups is 2. The number of hydrogen-bond donors (Lipinski definition) is 2. The molecule has 0 aliphatic carbocycles. The zero-order valence-corrected chi connectivity index (χ0v) is 19.4. The van der Waals surface area contributed by atoms with Gasteiger partial charge in [-0.15, -0.1) is 0 Å². The molecule has 0 bridgehead atoms. The molecule has 2 amide bonds. The summed E-state index contributed by atoms with van der Waals surface area (Å²) in [6.07, 6.45) is 3.40. The number of rotatable bonds is 10. The highest BCUT2D eigenvalue weighted by molar-refractivity contribution is 7.89. The van der Waals surface area contributed by atoms with Gasteiger partial charge in [0.2, 0.25) is 15.9 Å². The van der Waals surface area contributed by atoms with E-state index in [-0.39, 0.29) is 17.3 Å². The maximum Gasteiger partial charge on any atom is 0.255 e. The van der Waals surface area contributed by atoms with Crippen molar-refractivity contribution >= 4 is 33.7 Å². The number of amides is 2. The second kappa shape index (κ2) is 11.8. The van der Waals surface area contributed by atoms with Crippen LogP contribution in [0.15, 0.2) is 89.0 Å². The first-order chi connectivity index (χ1) is 16.3. The maximum atomic E-state index is 13.3. The van der Waals surface area contributed by atoms with Crippen molar-refractivity contribution in [3.8, 4) is 0 Å². The molecule has 0 saturated carbocycles. The molecule has 1 heterocycles. The van der Waals surface area contributed by atoms with Crippen LogP contribution in [0.2, 0.25) is 0 Å². The highest BCUT2D eigenvalue weighted by Gasteiger charge is 2.26. The molecule has 3 rings (SSSR count). The Balaban J connectivity index is 1.75. The molecule has 34 heavy (non-hydrogen) atoms. The van der Waals surface area contributed by atoms with Gasteiger partial charge in [0.15, 0.2) is 0 Å². The Morgan fingerprint density at radius 1 is 1.00 bits per heavy atom. The van der Waals surface area contributed by atoms with Crippen LogP contribution >= 0.6 is 0 Å². The minimum absolute atomic E-state index is 0.0134. The quantitative estimate of drug-likeness (QED) is 0.342. The fourth-order valence-corrected chi connectivity index (χ4v) is 4.46. The second-order valence-corrected chi connectivity index (χ2v) is 9.27. The van der Waals surface area contributed by atoms with Gasteiger partial charge in [0.1, 0.15) is 0 Å². The van der Waals surface area contributed by atoms with Crippen LogP contribution in [0.3, 0.4) is 0 Å². The average Bonchev–Trinajstić information content (AvgIpc) is 2.83. The molecular formula is C24H25N5O4S. The number of hydrazone groups is 1. The van der Waals surface area contributed by atoms with E-state index in [0.29, 0.717) is 17.8 Å². The molecule has 3 aromatic rings. The van der Waals surface area contributed by atoms with Gasteiger partial charge < -0.3 is 5.32 Å². The standard InChI is InChI=1S/C24H25N5O4S/c1-19(30)27-21-10-12-23(13-11-21)34(32,33)29(16-14-20-7-3-2-4-8-20)18-24(31)28-26-17-22-9-5-6-15-25-22/h2-13,15,17H,14,16,18H2,1H3,(H,27,30)(H,28,31)/b26-17-. The molecule has 1 aromatic heterocycles. The Morgan fingerprint density at radius 2 is 1.71 bits per heavy atom. The fourth-order valence-electron chi connectivity index (χ4n) is 3.06. The van der Waals surface area contributed by atoms with E-state index < -0.39 is 22.5 Å². The van der Waals surface area contributed by atoms with Gasteiger partial charge in [0, 0.05) is 25.4 Å². The summed E-state index contributed by atoms with van der Waals surface area (Å²) in [5.74, 6) is -0.846. The van der Waals surface area contributed by atoms with E-state index in [4.69, 9.17) is 0 Å². The summed E-state index contributed by atoms with van der Waals surface area (Å²) in [6, 6.07) is 20.5. The fraction of sp³-hybridized carbons (Fsp3) is 0.167. The first-order valence-electron chi connectivity index (χ1n) is 10.5. The smallest absolute Gasteiger partial charge is 0.255 e. The Kier molecular flexibility index (Phi) is 8.60. The molecule has 0 spiro atoms. The predicted molar refractivity (Wildman–Crippen MR) is 130 cm³/mol. The number of hydrogen-bond acceptors (Lipinski definition) is 6. The SMILES string of the molecule is CC(=O)Nc1ccc(S(=O)(=O)N(CCc2ccccc2)CC(=O)N/N=C\c2ccccn2)cc1. The molecular weight excluding hydrogens is 454 g/mol. The van der Waals surface area contributed by atoms with E-state index in [1.54, 1.807) is 24.4 Å². The molecule has 2 aromatic carbocycles. The van der Waals surface area contributed by atoms with Crippen LogP contribution in [0.4, 0.5) is 5.69 Å². The van der Waals surface area contributed by atoms with Gasteiger partial charge in [0.05, 0.1) is 23.3 Å². The first-order valence-corrected chi connectivity index (χ1v) is 11.9. The van der Waals surface area contributed by atoms with Crippen LogP contribution < -0.4 is 10.7 Å². The number of aromatic nitrogens is 1. The van der Waals surface area contributed by atoms with E-state index in [9.17, 15) is 18.0 Å². The summed E-state index contributed by atoms with van der Waals surface area (Å²) in [7, 11) is -3.99. The normalized spacial score (nSPS) is 11.5. The number of anilines is 1. The summed E-state index contributed by atoms with van der Waals surface area (Å²) in [5, 5.41) is 6.45. The van der Waals surface area contributed by atoms with Crippen LogP contribution in [-0.4, -0.2) is 48.8 Å². The molecule has 176 valence electrons. The van der Waals surface area contributed by atoms with Crippen molar-refractivity contribution in [3.05, 3.63) is 90.3 Å². The van der Waals surface area contributed by atoms with E-state index in [0.717, 1.165) is 9.87 Å². The zero-order valence-electron chi connectivity index (χ0n) is 18.6. The average molecular weight is 480 g/mol. The number of carbonyl (C=O) groups excluding carboxylic acids is 2. The van der Waals surface area contributed by atoms with Crippen molar-refractivity contribution in [1.82, 2.24) is 14.7 Å². The van der Waals surface area contributed by atoms with Crippen molar-refractivity contribution < 1.29 is 18.0 Å². The summed E-state index contributed by atoms with van der Waals surface area (Å²) >= 11 is 0. The molecule has 0 unspecified atom stereocenters. The van der Waals surface area contributed by atoms with Crippen molar-refractivity contribution in [2.45, 2.75) is 18.2 Å². The van der Waals surface area contributed by atoms with Crippen molar-refractivity contribution in [2.75, 3.05) is 18.4 Å². The maximum absolute atomic E-state index is 13.3. The highest BCUT2D eigenvalue weighted by atomic mass is 32.2. The number of sulfonamides is 1. The lowest BCUT2D eigenvalue weighted by Gasteiger charge is -2.21. The summed E-state index contributed by atoms with van der Waals surface area (Å²) in [4.78, 5) is 27.8. The van der Waals surface area contributed by atoms with Crippen LogP contribution in [0.5, 0.6) is 0 Å². The molecule has 0 aliphatic heterocycles. The summed E-state index contributed by atoms with van der Waals surface area (Å²) in [5.41, 5.74) is 4.32. The van der Waals surface area contributed by atoms with Crippen molar-refractivity contribution in [2.24, 2.45) is 5.10 Å². The van der Waals surface area contributed by atoms with E-state index in [2.05, 4.69) is 20.8 Å². The lowest BCUT2D eigenvalue weighted by Crippen LogP contribution is -2.40. The molecule has 10 heteroatoms. The lowest BCUT2D eigenvalue weighted by molar-refractivity contribution is -0.121. The van der Waals surface area contributed by atoms with Gasteiger partial charge in [-0.2, -0.15) is 9.41 Å². The Bertz CT molecular complexity index is 1230. The van der Waals surface area contributed by atoms with Gasteiger partial charge in [-0.3, -0.25) is 14.6 Å². The number of nitrogens with one attached hydrogen (secondary N) is 2. The number of nitrogens with zero attached hydrogens (tertiary/aromatic N) is 3. The van der Waals surface area contributed by atoms with Crippen LogP contribution in [0.25, 0.3) is 0 Å². The van der Waals surface area contributed by atoms with Crippen molar-refractivity contribution in [3.63, 3.8) is 0 Å². The van der Waals surface area contributed by atoms with Gasteiger partial charge in [-0.1, -0.05) is 36.4 Å². The lowest BCUT2D eigenvalue weighted by atomic mass is 10.1. The zero-order chi connectivity index (χ0) is 24.4. The first kappa shape index (κ1) is 24.7. The van der Waals surface area contributed by atoms with Crippen molar-refractivity contribution in [1.29, 1.82) is 0 Å². The Labute approximate surface area is 198 Å². The molecule has 0 saturated heterocycles. The van der Waals surface area contributed by atoms with E-state index in [1.165, 1.54) is 37.4 Å². The van der Waals surface area contributed by atoms with Gasteiger partial charge in [-0.05, 0) is 48.4 Å². The van der Waals surface area contributed by atoms with Crippen LogP contribution in [-0.2, 0) is 26.0 Å². The summed E-state index contributed by atoms with van der Waals surface area (Å²) < 4.78 is 27.8. The molecule has 9 nitrogen and oxygen atoms in total. The second-order valence-electron chi connectivity index (χ2n) is 7.33. The molecule has 0 aliphatic rings. The van der Waals surface area contributed by atoms with Crippen LogP contribution in [0.1, 0.15) is 18.2 Å². The summed E-state index contributed by atoms with van der Waals surface area (Å²) in [6.45, 7) is 1.05. The molecule has 2 N–H and O–H groups in total. The van der Waals surface area contributed by atoms with E-state index >= 15 is 0 Å². The predicted octanol–water partition coefficient (Wildman–Crippen LogP) is 2.42. The largest absolute Gasteiger partial charge is 0.326 e. The minimum Gasteiger partial charge on any atom is -0.326 e. The Hall–Kier alpha value is -3.89. The molecule has 0 atom stereocenters. The van der Waals surface area contributed by atoms with Gasteiger partial charge in [0.25, 0.3) is 5.91 Å². The van der Waals surface area contributed by atoms with E-state index in [1.807, 2.05) is 30.3 Å². The van der Waals surface area contributed by atoms with Gasteiger partial charge >= 0.3 is 0 Å².